The van der Waals surface area contributed by atoms with E-state index in [2.05, 4.69) is 22.4 Å². The van der Waals surface area contributed by atoms with E-state index in [0.29, 0.717) is 0 Å². The largest absolute Gasteiger partial charge is 0.316 e. The van der Waals surface area contributed by atoms with Crippen molar-refractivity contribution in [1.29, 1.82) is 0 Å². The molecular weight excluding hydrogens is 188 g/mol. The fourth-order valence-corrected chi connectivity index (χ4v) is 1.64. The van der Waals surface area contributed by atoms with Crippen LogP contribution >= 0.6 is 0 Å². The van der Waals surface area contributed by atoms with Crippen molar-refractivity contribution in [1.82, 2.24) is 0 Å². The maximum Gasteiger partial charge on any atom is 0.0506 e. The van der Waals surface area contributed by atoms with E-state index in [-0.39, 0.29) is 0 Å². The lowest BCUT2D eigenvalue weighted by molar-refractivity contribution is 0.494. The summed E-state index contributed by atoms with van der Waals surface area (Å²) in [4.78, 5) is 0. The van der Waals surface area contributed by atoms with Crippen LogP contribution in [0.2, 0.25) is 0 Å². The van der Waals surface area contributed by atoms with Crippen LogP contribution in [0, 0.1) is 0 Å². The van der Waals surface area contributed by atoms with Crippen LogP contribution in [0.1, 0.15) is 0 Å². The summed E-state index contributed by atoms with van der Waals surface area (Å²) in [5.74, 6) is 0. The van der Waals surface area contributed by atoms with Gasteiger partial charge in [0.05, 0.1) is 7.11 Å². The van der Waals surface area contributed by atoms with Crippen LogP contribution in [0.5, 0.6) is 0 Å². The molecule has 0 aliphatic rings. The van der Waals surface area contributed by atoms with Crippen LogP contribution in [0.15, 0.2) is 0 Å². The van der Waals surface area contributed by atoms with Crippen molar-refractivity contribution in [3.8, 4) is 0 Å². The molecule has 0 N–H and O–H groups in total. The van der Waals surface area contributed by atoms with Gasteiger partial charge in [0.2, 0.25) is 0 Å². The molecule has 0 aromatic carbocycles. The third kappa shape index (κ3) is 3.75. The minimum Gasteiger partial charge on any atom is -0.316 e. The molecule has 1 unspecified atom stereocenters. The average molecular weight is 192 g/mol. The normalized spacial score (nSPS) is 13.3. The topological polar surface area (TPSA) is 9.23 Å². The molecule has 44 valence electrons. The maximum atomic E-state index is 4.71. The maximum absolute atomic E-state index is 4.71. The van der Waals surface area contributed by atoms with Crippen molar-refractivity contribution < 1.29 is 4.18 Å². The summed E-state index contributed by atoms with van der Waals surface area (Å²) >= 11 is 14.0. The van der Waals surface area contributed by atoms with Gasteiger partial charge in [0, 0.05) is 8.29 Å². The molecule has 0 fully saturated rings. The molecule has 0 bridgehead atoms. The Labute approximate surface area is 59.5 Å². The summed E-state index contributed by atoms with van der Waals surface area (Å²) in [6.07, 6.45) is 0. The summed E-state index contributed by atoms with van der Waals surface area (Å²) in [6, 6.07) is 0. The smallest absolute Gasteiger partial charge is 0.0506 e. The molecule has 0 amide bonds. The molecule has 0 aliphatic heterocycles. The van der Waals surface area contributed by atoms with E-state index in [9.17, 15) is 0 Å². The Balaban J connectivity index is 4.72. The average Bonchev–Trinajstić information content (AvgIpc) is 1.65. The first-order valence-corrected chi connectivity index (χ1v) is 7.24. The highest BCUT2D eigenvalue weighted by Gasteiger charge is 1.60. The monoisotopic (exact) mass is 192 g/mol. The zero-order valence-electron chi connectivity index (χ0n) is 3.49. The molecule has 0 aliphatic carbocycles. The SMILES string of the molecule is CO[SH](=S)=S(=S)=S. The van der Waals surface area contributed by atoms with E-state index < -0.39 is 14.9 Å². The highest BCUT2D eigenvalue weighted by atomic mass is 33.4. The fraction of sp³-hybridized carbons (Fsp3) is 1.00. The molecule has 0 heterocycles. The van der Waals surface area contributed by atoms with Gasteiger partial charge in [-0.2, -0.15) is 0 Å². The van der Waals surface area contributed by atoms with Crippen LogP contribution in [0.3, 0.4) is 0 Å². The Kier molecular flexibility index (Phi) is 4.81. The van der Waals surface area contributed by atoms with Crippen molar-refractivity contribution in [2.75, 3.05) is 7.11 Å². The fourth-order valence-electron chi connectivity index (χ4n) is 0.0609. The zero-order valence-corrected chi connectivity index (χ0v) is 7.65. The second-order valence-electron chi connectivity index (χ2n) is 0.623. The van der Waals surface area contributed by atoms with Crippen molar-refractivity contribution in [3.05, 3.63) is 0 Å². The summed E-state index contributed by atoms with van der Waals surface area (Å²) in [5, 5.41) is 0. The number of thiol groups is 1. The second kappa shape index (κ2) is 4.11. The van der Waals surface area contributed by atoms with Gasteiger partial charge in [0.15, 0.2) is 0 Å². The summed E-state index contributed by atoms with van der Waals surface area (Å²) in [5.41, 5.74) is 0. The minimum absolute atomic E-state index is 0.536. The van der Waals surface area contributed by atoms with Crippen LogP contribution < -0.4 is 0 Å². The molecule has 1 nitrogen and oxygen atoms in total. The Hall–Kier alpha value is 1.19. The van der Waals surface area contributed by atoms with Gasteiger partial charge in [0.1, 0.15) is 0 Å². The standard InChI is InChI=1S/CH4OS5/c1-2-6(3)7(4)5/h6H,1H3. The predicted molar refractivity (Wildman–Crippen MR) is 45.2 cm³/mol. The number of rotatable bonds is 1. The van der Waals surface area contributed by atoms with Crippen molar-refractivity contribution >= 4 is 48.4 Å². The van der Waals surface area contributed by atoms with Crippen LogP contribution in [0.4, 0.5) is 0 Å². The summed E-state index contributed by atoms with van der Waals surface area (Å²) in [7, 11) is 0.642. The van der Waals surface area contributed by atoms with E-state index >= 15 is 0 Å². The van der Waals surface area contributed by atoms with Gasteiger partial charge < -0.3 is 4.18 Å². The third-order valence-electron chi connectivity index (χ3n) is 0.271. The van der Waals surface area contributed by atoms with Crippen molar-refractivity contribution in [2.24, 2.45) is 0 Å². The van der Waals surface area contributed by atoms with Crippen LogP contribution in [-0.4, -0.2) is 7.11 Å². The first-order chi connectivity index (χ1) is 3.18. The third-order valence-corrected chi connectivity index (χ3v) is 7.91. The van der Waals surface area contributed by atoms with Gasteiger partial charge in [-0.05, 0) is 40.1 Å². The molecule has 6 heteroatoms. The van der Waals surface area contributed by atoms with E-state index in [4.69, 9.17) is 15.4 Å². The minimum atomic E-state index is -0.897. The van der Waals surface area contributed by atoms with E-state index in [0.717, 1.165) is 0 Å². The highest BCUT2D eigenvalue weighted by Crippen LogP contribution is 1.64. The molecule has 0 aromatic rings. The quantitative estimate of drug-likeness (QED) is 0.577. The molecule has 0 radical (unpaired) electrons. The molecular formula is CH4OS5. The summed E-state index contributed by atoms with van der Waals surface area (Å²) < 4.78 is 4.70. The van der Waals surface area contributed by atoms with E-state index in [1.165, 1.54) is 7.11 Å². The van der Waals surface area contributed by atoms with Gasteiger partial charge in [0.25, 0.3) is 0 Å². The van der Waals surface area contributed by atoms with Crippen molar-refractivity contribution in [3.63, 3.8) is 0 Å². The van der Waals surface area contributed by atoms with E-state index in [1.54, 1.807) is 0 Å². The Morgan fingerprint density at radius 3 is 2.00 bits per heavy atom. The molecule has 0 spiro atoms. The van der Waals surface area contributed by atoms with Crippen LogP contribution in [0.25, 0.3) is 0 Å². The Morgan fingerprint density at radius 1 is 1.57 bits per heavy atom. The van der Waals surface area contributed by atoms with Gasteiger partial charge in [-0.1, -0.05) is 0 Å². The first kappa shape index (κ1) is 8.19. The predicted octanol–water partition coefficient (Wildman–Crippen LogP) is -0.183. The zero-order chi connectivity index (χ0) is 5.86. The second-order valence-corrected chi connectivity index (χ2v) is 9.76. The van der Waals surface area contributed by atoms with Gasteiger partial charge in [-0.3, -0.25) is 0 Å². The lowest BCUT2D eigenvalue weighted by Crippen LogP contribution is -1.73. The molecule has 1 atom stereocenters. The number of hydrogen-bond acceptors (Lipinski definition) is 4. The lowest BCUT2D eigenvalue weighted by Gasteiger charge is -1.78. The molecule has 0 rings (SSSR count). The lowest BCUT2D eigenvalue weighted by atomic mass is 11.8. The van der Waals surface area contributed by atoms with Gasteiger partial charge in [-0.25, -0.2) is 0 Å². The van der Waals surface area contributed by atoms with E-state index in [1.807, 2.05) is 0 Å². The molecule has 0 saturated heterocycles. The van der Waals surface area contributed by atoms with Gasteiger partial charge in [-0.15, -0.1) is 0 Å². The molecule has 0 saturated carbocycles. The Bertz CT molecular complexity index is 194. The van der Waals surface area contributed by atoms with Gasteiger partial charge >= 0.3 is 0 Å². The number of hydrogen-bond donors (Lipinski definition) is 1. The first-order valence-electron chi connectivity index (χ1n) is 1.29. The van der Waals surface area contributed by atoms with Crippen LogP contribution in [-0.2, 0) is 52.6 Å². The Morgan fingerprint density at radius 2 is 2.00 bits per heavy atom. The van der Waals surface area contributed by atoms with Crippen molar-refractivity contribution in [2.45, 2.75) is 0 Å². The summed E-state index contributed by atoms with van der Waals surface area (Å²) in [6.45, 7) is -0.536. The molecule has 7 heavy (non-hydrogen) atoms. The molecule has 0 aromatic heterocycles. The highest BCUT2D eigenvalue weighted by molar-refractivity contribution is 8.71.